The quantitative estimate of drug-likeness (QED) is 0.877. The maximum Gasteiger partial charge on any atom is 0.246 e. The van der Waals surface area contributed by atoms with Crippen molar-refractivity contribution in [2.45, 2.75) is 57.2 Å². The van der Waals surface area contributed by atoms with Crippen LogP contribution in [0.4, 0.5) is 0 Å². The molecule has 0 unspecified atom stereocenters. The van der Waals surface area contributed by atoms with Crippen LogP contribution in [-0.2, 0) is 9.53 Å². The third-order valence-corrected chi connectivity index (χ3v) is 5.17. The molecule has 1 N–H and O–H groups in total. The molecule has 1 saturated carbocycles. The van der Waals surface area contributed by atoms with Crippen LogP contribution in [0.25, 0.3) is 0 Å². The molecule has 4 heteroatoms. The summed E-state index contributed by atoms with van der Waals surface area (Å²) in [6, 6.07) is 11.2. The van der Waals surface area contributed by atoms with E-state index in [0.717, 1.165) is 32.4 Å². The molecule has 0 radical (unpaired) electrons. The Kier molecular flexibility index (Phi) is 5.68. The summed E-state index contributed by atoms with van der Waals surface area (Å²) in [5.74, 6) is 0.0381. The smallest absolute Gasteiger partial charge is 0.246 e. The van der Waals surface area contributed by atoms with Gasteiger partial charge in [-0.05, 0) is 31.7 Å². The van der Waals surface area contributed by atoms with E-state index in [4.69, 9.17) is 4.74 Å². The van der Waals surface area contributed by atoms with Crippen molar-refractivity contribution in [2.24, 2.45) is 0 Å². The van der Waals surface area contributed by atoms with E-state index in [0.29, 0.717) is 12.1 Å². The second kappa shape index (κ2) is 7.93. The molecule has 1 aromatic carbocycles. The van der Waals surface area contributed by atoms with Gasteiger partial charge in [-0.2, -0.15) is 0 Å². The van der Waals surface area contributed by atoms with Crippen molar-refractivity contribution in [3.63, 3.8) is 0 Å². The summed E-state index contributed by atoms with van der Waals surface area (Å²) in [5, 5.41) is 3.13. The molecule has 0 bridgehead atoms. The molecule has 126 valence electrons. The molecule has 1 heterocycles. The highest BCUT2D eigenvalue weighted by Gasteiger charge is 2.28. The molecule has 1 aromatic rings. The van der Waals surface area contributed by atoms with Crippen molar-refractivity contribution in [1.82, 2.24) is 10.2 Å². The zero-order valence-corrected chi connectivity index (χ0v) is 14.0. The average Bonchev–Trinajstić information content (AvgIpc) is 3.25. The molecule has 1 aliphatic heterocycles. The number of hydrogen-bond acceptors (Lipinski definition) is 3. The standard InChI is InChI=1S/C19H28N2O2/c1-15(16-7-3-2-4-8-16)21-12-11-17(13-21)20-19(22)14-23-18-9-5-6-10-18/h2-4,7-8,15,17-18H,5-6,9-14H2,1H3,(H,20,22)/t15-,17-/m0/s1. The molecule has 23 heavy (non-hydrogen) atoms. The normalized spacial score (nSPS) is 24.0. The number of rotatable bonds is 6. The van der Waals surface area contributed by atoms with Gasteiger partial charge < -0.3 is 10.1 Å². The fraction of sp³-hybridized carbons (Fsp3) is 0.632. The number of ether oxygens (including phenoxy) is 1. The first-order chi connectivity index (χ1) is 11.2. The van der Waals surface area contributed by atoms with Crippen molar-refractivity contribution >= 4 is 5.91 Å². The summed E-state index contributed by atoms with van der Waals surface area (Å²) in [6.45, 7) is 4.41. The Hall–Kier alpha value is -1.39. The highest BCUT2D eigenvalue weighted by molar-refractivity contribution is 5.77. The van der Waals surface area contributed by atoms with Gasteiger partial charge >= 0.3 is 0 Å². The Balaban J connectivity index is 1.41. The van der Waals surface area contributed by atoms with Crippen LogP contribution in [0, 0.1) is 0 Å². The van der Waals surface area contributed by atoms with Crippen molar-refractivity contribution in [1.29, 1.82) is 0 Å². The Morgan fingerprint density at radius 3 is 2.74 bits per heavy atom. The lowest BCUT2D eigenvalue weighted by Gasteiger charge is -2.24. The summed E-state index contributed by atoms with van der Waals surface area (Å²) in [5.41, 5.74) is 1.34. The highest BCUT2D eigenvalue weighted by Crippen LogP contribution is 2.24. The minimum absolute atomic E-state index is 0.0381. The van der Waals surface area contributed by atoms with Crippen molar-refractivity contribution in [3.05, 3.63) is 35.9 Å². The van der Waals surface area contributed by atoms with E-state index in [9.17, 15) is 4.79 Å². The first-order valence-corrected chi connectivity index (χ1v) is 8.92. The van der Waals surface area contributed by atoms with Gasteiger partial charge in [0.05, 0.1) is 6.10 Å². The maximum atomic E-state index is 12.0. The van der Waals surface area contributed by atoms with Crippen LogP contribution in [0.1, 0.15) is 50.6 Å². The first kappa shape index (κ1) is 16.5. The Bertz CT molecular complexity index is 499. The lowest BCUT2D eigenvalue weighted by Crippen LogP contribution is -2.39. The van der Waals surface area contributed by atoms with Gasteiger partial charge in [0.15, 0.2) is 0 Å². The average molecular weight is 316 g/mol. The minimum atomic E-state index is 0.0381. The third-order valence-electron chi connectivity index (χ3n) is 5.17. The largest absolute Gasteiger partial charge is 0.368 e. The Morgan fingerprint density at radius 1 is 1.26 bits per heavy atom. The molecule has 3 rings (SSSR count). The van der Waals surface area contributed by atoms with E-state index in [1.165, 1.54) is 18.4 Å². The molecular weight excluding hydrogens is 288 g/mol. The molecule has 4 nitrogen and oxygen atoms in total. The van der Waals surface area contributed by atoms with Crippen LogP contribution in [0.2, 0.25) is 0 Å². The minimum Gasteiger partial charge on any atom is -0.368 e. The van der Waals surface area contributed by atoms with Gasteiger partial charge in [-0.3, -0.25) is 9.69 Å². The van der Waals surface area contributed by atoms with Crippen LogP contribution < -0.4 is 5.32 Å². The van der Waals surface area contributed by atoms with Gasteiger partial charge in [0.25, 0.3) is 0 Å². The number of hydrogen-bond donors (Lipinski definition) is 1. The van der Waals surface area contributed by atoms with Crippen LogP contribution in [0.3, 0.4) is 0 Å². The number of amides is 1. The summed E-state index contributed by atoms with van der Waals surface area (Å²) in [4.78, 5) is 14.5. The van der Waals surface area contributed by atoms with E-state index in [2.05, 4.69) is 41.4 Å². The van der Waals surface area contributed by atoms with Crippen LogP contribution in [0.15, 0.2) is 30.3 Å². The van der Waals surface area contributed by atoms with Gasteiger partial charge in [-0.15, -0.1) is 0 Å². The second-order valence-corrected chi connectivity index (χ2v) is 6.85. The number of benzene rings is 1. The number of likely N-dealkylation sites (tertiary alicyclic amines) is 1. The summed E-state index contributed by atoms with van der Waals surface area (Å²) in [6.07, 6.45) is 6.02. The molecule has 2 fully saturated rings. The number of carbonyl (C=O) groups excluding carboxylic acids is 1. The van der Waals surface area contributed by atoms with Gasteiger partial charge in [0, 0.05) is 25.2 Å². The summed E-state index contributed by atoms with van der Waals surface area (Å²) in [7, 11) is 0. The van der Waals surface area contributed by atoms with Crippen LogP contribution >= 0.6 is 0 Å². The van der Waals surface area contributed by atoms with Crippen molar-refractivity contribution in [3.8, 4) is 0 Å². The molecule has 1 aliphatic carbocycles. The molecule has 0 spiro atoms. The predicted octanol–water partition coefficient (Wildman–Crippen LogP) is 2.90. The molecule has 0 aromatic heterocycles. The van der Waals surface area contributed by atoms with Crippen molar-refractivity contribution < 1.29 is 9.53 Å². The van der Waals surface area contributed by atoms with Crippen LogP contribution in [0.5, 0.6) is 0 Å². The lowest BCUT2D eigenvalue weighted by molar-refractivity contribution is -0.128. The topological polar surface area (TPSA) is 41.6 Å². The fourth-order valence-electron chi connectivity index (χ4n) is 3.72. The van der Waals surface area contributed by atoms with Crippen LogP contribution in [-0.4, -0.2) is 42.6 Å². The van der Waals surface area contributed by atoms with E-state index in [-0.39, 0.29) is 18.6 Å². The maximum absolute atomic E-state index is 12.0. The number of nitrogens with one attached hydrogen (secondary N) is 1. The monoisotopic (exact) mass is 316 g/mol. The Labute approximate surface area is 139 Å². The SMILES string of the molecule is C[C@@H](c1ccccc1)N1CC[C@H](NC(=O)COC2CCCC2)C1. The molecular formula is C19H28N2O2. The van der Waals surface area contributed by atoms with Gasteiger partial charge in [0.1, 0.15) is 6.61 Å². The summed E-state index contributed by atoms with van der Waals surface area (Å²) < 4.78 is 5.69. The molecule has 2 atom stereocenters. The van der Waals surface area contributed by atoms with E-state index in [1.54, 1.807) is 0 Å². The van der Waals surface area contributed by atoms with Crippen molar-refractivity contribution in [2.75, 3.05) is 19.7 Å². The molecule has 2 aliphatic rings. The highest BCUT2D eigenvalue weighted by atomic mass is 16.5. The van der Waals surface area contributed by atoms with Gasteiger partial charge in [-0.1, -0.05) is 43.2 Å². The number of carbonyl (C=O) groups is 1. The predicted molar refractivity (Wildman–Crippen MR) is 91.2 cm³/mol. The molecule has 1 amide bonds. The van der Waals surface area contributed by atoms with Gasteiger partial charge in [0.2, 0.25) is 5.91 Å². The van der Waals surface area contributed by atoms with E-state index >= 15 is 0 Å². The zero-order chi connectivity index (χ0) is 16.1. The molecule has 1 saturated heterocycles. The second-order valence-electron chi connectivity index (χ2n) is 6.85. The van der Waals surface area contributed by atoms with E-state index < -0.39 is 0 Å². The summed E-state index contributed by atoms with van der Waals surface area (Å²) >= 11 is 0. The zero-order valence-electron chi connectivity index (χ0n) is 14.0. The first-order valence-electron chi connectivity index (χ1n) is 8.92. The number of nitrogens with zero attached hydrogens (tertiary/aromatic N) is 1. The third kappa shape index (κ3) is 4.55. The van der Waals surface area contributed by atoms with E-state index in [1.807, 2.05) is 6.07 Å². The fourth-order valence-corrected chi connectivity index (χ4v) is 3.72. The Morgan fingerprint density at radius 2 is 2.00 bits per heavy atom. The lowest BCUT2D eigenvalue weighted by atomic mass is 10.1. The van der Waals surface area contributed by atoms with Gasteiger partial charge in [-0.25, -0.2) is 0 Å².